The minimum Gasteiger partial charge on any atom is -0.435 e. The normalized spacial score (nSPS) is 26.4. The fraction of sp³-hybridized carbons (Fsp3) is 0.417. The van der Waals surface area contributed by atoms with Crippen molar-refractivity contribution in [1.82, 2.24) is 0 Å². The van der Waals surface area contributed by atoms with Crippen molar-refractivity contribution in [3.05, 3.63) is 76.9 Å². The maximum absolute atomic E-state index is 14.3. The number of benzene rings is 2. The van der Waals surface area contributed by atoms with Gasteiger partial charge in [0, 0.05) is 6.07 Å². The zero-order chi connectivity index (χ0) is 20.5. The summed E-state index contributed by atoms with van der Waals surface area (Å²) in [5, 5.41) is 0. The number of fused-ring (bicyclic) bond motifs is 3. The Morgan fingerprint density at radius 3 is 2.48 bits per heavy atom. The first kappa shape index (κ1) is 20.0. The highest BCUT2D eigenvalue weighted by Gasteiger charge is 2.43. The minimum absolute atomic E-state index is 0.104. The Morgan fingerprint density at radius 2 is 1.79 bits per heavy atom. The number of hydrogen-bond donors (Lipinski definition) is 0. The molecule has 0 saturated heterocycles. The number of hydrogen-bond acceptors (Lipinski definition) is 1. The van der Waals surface area contributed by atoms with Crippen LogP contribution in [0.5, 0.6) is 5.75 Å². The van der Waals surface area contributed by atoms with E-state index in [1.54, 1.807) is 12.1 Å². The van der Waals surface area contributed by atoms with Gasteiger partial charge in [-0.15, -0.1) is 0 Å². The molecule has 0 amide bonds. The first-order valence-electron chi connectivity index (χ1n) is 10.1. The lowest BCUT2D eigenvalue weighted by atomic mass is 9.58. The molecule has 2 aromatic rings. The van der Waals surface area contributed by atoms with Gasteiger partial charge < -0.3 is 4.74 Å². The standard InChI is InChI=1S/C24H24F4O/c1-2-3-14-6-9-18-20(11-10-19-21(18)12-16(25)13-22(19)26)23(14)15-4-7-17(8-5-15)29-24(27)28/h2-5,7-8,12-14,18,20,23-24H,6,9-11H2,1H3. The summed E-state index contributed by atoms with van der Waals surface area (Å²) in [6.45, 7) is -0.862. The smallest absolute Gasteiger partial charge is 0.387 e. The van der Waals surface area contributed by atoms with Crippen LogP contribution in [0, 0.1) is 23.5 Å². The molecule has 2 aliphatic rings. The number of ether oxygens (including phenoxy) is 1. The lowest BCUT2D eigenvalue weighted by molar-refractivity contribution is -0.0498. The Labute approximate surface area is 168 Å². The van der Waals surface area contributed by atoms with Crippen molar-refractivity contribution in [3.63, 3.8) is 0 Å². The quantitative estimate of drug-likeness (QED) is 0.394. The SMILES string of the molecule is CC=CC1CCC2c3cc(F)cc(F)c3CCC2C1c1ccc(OC(F)F)cc1. The van der Waals surface area contributed by atoms with Crippen molar-refractivity contribution in [2.75, 3.05) is 0 Å². The Hall–Kier alpha value is -2.30. The third-order valence-electron chi connectivity index (χ3n) is 6.50. The predicted octanol–water partition coefficient (Wildman–Crippen LogP) is 6.98. The van der Waals surface area contributed by atoms with E-state index in [4.69, 9.17) is 0 Å². The average molecular weight is 404 g/mol. The molecule has 2 aliphatic carbocycles. The second-order valence-corrected chi connectivity index (χ2v) is 8.00. The first-order chi connectivity index (χ1) is 14.0. The maximum Gasteiger partial charge on any atom is 0.387 e. The summed E-state index contributed by atoms with van der Waals surface area (Å²) in [4.78, 5) is 0. The summed E-state index contributed by atoms with van der Waals surface area (Å²) in [6, 6.07) is 9.33. The molecule has 0 aromatic heterocycles. The third kappa shape index (κ3) is 3.92. The van der Waals surface area contributed by atoms with E-state index in [-0.39, 0.29) is 23.5 Å². The molecule has 1 fully saturated rings. The molecule has 0 bridgehead atoms. The molecule has 0 spiro atoms. The van der Waals surface area contributed by atoms with E-state index in [2.05, 4.69) is 10.8 Å². The van der Waals surface area contributed by atoms with Crippen molar-refractivity contribution in [2.24, 2.45) is 11.8 Å². The molecule has 4 unspecified atom stereocenters. The molecule has 1 nitrogen and oxygen atoms in total. The molecule has 0 N–H and O–H groups in total. The second kappa shape index (κ2) is 8.21. The van der Waals surface area contributed by atoms with Crippen LogP contribution in [0.1, 0.15) is 54.7 Å². The minimum atomic E-state index is -2.85. The van der Waals surface area contributed by atoms with Crippen LogP contribution in [0.25, 0.3) is 0 Å². The summed E-state index contributed by atoms with van der Waals surface area (Å²) in [5.41, 5.74) is 2.52. The van der Waals surface area contributed by atoms with Gasteiger partial charge in [-0.3, -0.25) is 0 Å². The Balaban J connectivity index is 1.70. The van der Waals surface area contributed by atoms with E-state index < -0.39 is 18.2 Å². The van der Waals surface area contributed by atoms with Gasteiger partial charge in [-0.2, -0.15) is 8.78 Å². The molecular formula is C24H24F4O. The second-order valence-electron chi connectivity index (χ2n) is 8.00. The molecule has 5 heteroatoms. The molecule has 2 aromatic carbocycles. The first-order valence-corrected chi connectivity index (χ1v) is 10.1. The van der Waals surface area contributed by atoms with E-state index in [9.17, 15) is 17.6 Å². The summed E-state index contributed by atoms with van der Waals surface area (Å²) < 4.78 is 57.7. The van der Waals surface area contributed by atoms with E-state index in [1.165, 1.54) is 6.07 Å². The topological polar surface area (TPSA) is 9.23 Å². The van der Waals surface area contributed by atoms with Crippen molar-refractivity contribution in [2.45, 2.75) is 51.1 Å². The van der Waals surface area contributed by atoms with E-state index in [0.29, 0.717) is 17.9 Å². The van der Waals surface area contributed by atoms with Crippen LogP contribution in [0.2, 0.25) is 0 Å². The van der Waals surface area contributed by atoms with Gasteiger partial charge in [0.2, 0.25) is 0 Å². The van der Waals surface area contributed by atoms with Crippen molar-refractivity contribution >= 4 is 0 Å². The highest BCUT2D eigenvalue weighted by atomic mass is 19.3. The average Bonchev–Trinajstić information content (AvgIpc) is 2.68. The summed E-state index contributed by atoms with van der Waals surface area (Å²) in [5.74, 6) is -0.000466. The van der Waals surface area contributed by atoms with Crippen LogP contribution in [0.3, 0.4) is 0 Å². The van der Waals surface area contributed by atoms with Gasteiger partial charge >= 0.3 is 6.61 Å². The monoisotopic (exact) mass is 404 g/mol. The van der Waals surface area contributed by atoms with Crippen LogP contribution in [0.15, 0.2) is 48.6 Å². The maximum atomic E-state index is 14.3. The number of halogens is 4. The Morgan fingerprint density at radius 1 is 1.03 bits per heavy atom. The molecule has 0 aliphatic heterocycles. The Kier molecular flexibility index (Phi) is 5.66. The molecular weight excluding hydrogens is 380 g/mol. The molecule has 4 rings (SSSR count). The van der Waals surface area contributed by atoms with Gasteiger partial charge in [0.1, 0.15) is 17.4 Å². The van der Waals surface area contributed by atoms with Crippen molar-refractivity contribution < 1.29 is 22.3 Å². The molecule has 0 radical (unpaired) electrons. The largest absolute Gasteiger partial charge is 0.435 e. The van der Waals surface area contributed by atoms with E-state index in [1.807, 2.05) is 25.1 Å². The van der Waals surface area contributed by atoms with Crippen molar-refractivity contribution in [3.8, 4) is 5.75 Å². The van der Waals surface area contributed by atoms with Crippen LogP contribution in [-0.4, -0.2) is 6.61 Å². The summed E-state index contributed by atoms with van der Waals surface area (Å²) in [7, 11) is 0. The number of alkyl halides is 2. The van der Waals surface area contributed by atoms with Gasteiger partial charge in [0.15, 0.2) is 0 Å². The Bertz CT molecular complexity index is 890. The van der Waals surface area contributed by atoms with Crippen molar-refractivity contribution in [1.29, 1.82) is 0 Å². The lowest BCUT2D eigenvalue weighted by Gasteiger charge is -2.46. The molecule has 1 saturated carbocycles. The fourth-order valence-electron chi connectivity index (χ4n) is 5.46. The van der Waals surface area contributed by atoms with Gasteiger partial charge in [0.05, 0.1) is 0 Å². The van der Waals surface area contributed by atoms with Crippen LogP contribution in [0.4, 0.5) is 17.6 Å². The van der Waals surface area contributed by atoms with Crippen LogP contribution >= 0.6 is 0 Å². The summed E-state index contributed by atoms with van der Waals surface area (Å²) in [6.07, 6.45) is 7.47. The molecule has 29 heavy (non-hydrogen) atoms. The fourth-order valence-corrected chi connectivity index (χ4v) is 5.46. The highest BCUT2D eigenvalue weighted by molar-refractivity contribution is 5.39. The van der Waals surface area contributed by atoms with Gasteiger partial charge in [-0.25, -0.2) is 8.78 Å². The highest BCUT2D eigenvalue weighted by Crippen LogP contribution is 2.54. The molecule has 0 heterocycles. The van der Waals surface area contributed by atoms with Gasteiger partial charge in [-0.1, -0.05) is 24.3 Å². The van der Waals surface area contributed by atoms with E-state index >= 15 is 0 Å². The lowest BCUT2D eigenvalue weighted by Crippen LogP contribution is -2.35. The zero-order valence-corrected chi connectivity index (χ0v) is 16.3. The molecule has 154 valence electrons. The number of allylic oxidation sites excluding steroid dienone is 2. The van der Waals surface area contributed by atoms with Gasteiger partial charge in [-0.05, 0) is 91.2 Å². The molecule has 4 atom stereocenters. The van der Waals surface area contributed by atoms with Gasteiger partial charge in [0.25, 0.3) is 0 Å². The predicted molar refractivity (Wildman–Crippen MR) is 104 cm³/mol. The third-order valence-corrected chi connectivity index (χ3v) is 6.50. The summed E-state index contributed by atoms with van der Waals surface area (Å²) >= 11 is 0. The number of rotatable bonds is 4. The van der Waals surface area contributed by atoms with E-state index in [0.717, 1.165) is 36.5 Å². The van der Waals surface area contributed by atoms with Crippen LogP contribution in [-0.2, 0) is 6.42 Å². The zero-order valence-electron chi connectivity index (χ0n) is 16.3. The van der Waals surface area contributed by atoms with Crippen LogP contribution < -0.4 is 4.74 Å².